The molecule has 0 saturated heterocycles. The Morgan fingerprint density at radius 1 is 1.14 bits per heavy atom. The number of hydrogen-bond acceptors (Lipinski definition) is 6. The van der Waals surface area contributed by atoms with Crippen molar-refractivity contribution >= 4 is 16.1 Å². The lowest BCUT2D eigenvalue weighted by Crippen LogP contribution is -1.95. The molecule has 80 valence electrons. The highest BCUT2D eigenvalue weighted by molar-refractivity contribution is 7.79. The maximum absolute atomic E-state index is 8.52. The van der Waals surface area contributed by atoms with E-state index >= 15 is 0 Å². The minimum Gasteiger partial charge on any atom is -0.759 e. The molecule has 0 spiro atoms. The summed E-state index contributed by atoms with van der Waals surface area (Å²) in [5.41, 5.74) is 12.7. The summed E-state index contributed by atoms with van der Waals surface area (Å²) in [6.07, 6.45) is 0. The van der Waals surface area contributed by atoms with Gasteiger partial charge in [-0.2, -0.15) is 0 Å². The van der Waals surface area contributed by atoms with Crippen LogP contribution in [0.2, 0.25) is 0 Å². The first-order chi connectivity index (χ1) is 6.33. The summed E-state index contributed by atoms with van der Waals surface area (Å²) >= 11 is 0. The normalized spacial score (nSPS) is 10.2. The second-order valence-corrected chi connectivity index (χ2v) is 3.17. The van der Waals surface area contributed by atoms with Crippen LogP contribution >= 0.6 is 0 Å². The molecular formula is C7H10N2O4S-2. The predicted octanol–water partition coefficient (Wildman–Crippen LogP) is -0.611. The molecule has 1 rings (SSSR count). The molecule has 0 radical (unpaired) electrons. The molecule has 4 N–H and O–H groups in total. The zero-order chi connectivity index (χ0) is 11.2. The van der Waals surface area contributed by atoms with Crippen molar-refractivity contribution in [3.8, 4) is 0 Å². The summed E-state index contributed by atoms with van der Waals surface area (Å²) < 4.78 is 34.1. The zero-order valence-electron chi connectivity index (χ0n) is 7.21. The fraction of sp³-hybridized carbons (Fsp3) is 0.143. The SMILES string of the molecule is NCc1ccc(N)cc1.O=S(=O)([O-])[O-]. The molecule has 0 aliphatic heterocycles. The number of benzene rings is 1. The van der Waals surface area contributed by atoms with E-state index in [2.05, 4.69) is 0 Å². The lowest BCUT2D eigenvalue weighted by molar-refractivity contribution is 0.352. The molecule has 1 aromatic rings. The van der Waals surface area contributed by atoms with E-state index in [1.165, 1.54) is 0 Å². The van der Waals surface area contributed by atoms with Gasteiger partial charge in [-0.3, -0.25) is 8.42 Å². The van der Waals surface area contributed by atoms with E-state index < -0.39 is 10.4 Å². The van der Waals surface area contributed by atoms with Crippen molar-refractivity contribution in [2.45, 2.75) is 6.54 Å². The minimum atomic E-state index is -5.17. The van der Waals surface area contributed by atoms with Crippen LogP contribution in [0.5, 0.6) is 0 Å². The largest absolute Gasteiger partial charge is 0.759 e. The molecular weight excluding hydrogens is 208 g/mol. The molecule has 0 unspecified atom stereocenters. The molecule has 14 heavy (non-hydrogen) atoms. The molecule has 6 nitrogen and oxygen atoms in total. The van der Waals surface area contributed by atoms with E-state index in [9.17, 15) is 0 Å². The van der Waals surface area contributed by atoms with Crippen molar-refractivity contribution in [3.05, 3.63) is 29.8 Å². The van der Waals surface area contributed by atoms with Gasteiger partial charge in [-0.1, -0.05) is 12.1 Å². The second kappa shape index (κ2) is 5.55. The van der Waals surface area contributed by atoms with Gasteiger partial charge in [0.2, 0.25) is 0 Å². The van der Waals surface area contributed by atoms with E-state index in [0.717, 1.165) is 11.3 Å². The van der Waals surface area contributed by atoms with Crippen LogP contribution in [-0.2, 0) is 16.9 Å². The maximum Gasteiger partial charge on any atom is 0.0314 e. The quantitative estimate of drug-likeness (QED) is 0.367. The third-order valence-corrected chi connectivity index (χ3v) is 1.22. The Balaban J connectivity index is 0.000000292. The van der Waals surface area contributed by atoms with Gasteiger partial charge in [0, 0.05) is 22.6 Å². The van der Waals surface area contributed by atoms with E-state index in [1.807, 2.05) is 24.3 Å². The van der Waals surface area contributed by atoms with Crippen LogP contribution in [0.25, 0.3) is 0 Å². The highest BCUT2D eigenvalue weighted by atomic mass is 32.3. The van der Waals surface area contributed by atoms with Crippen molar-refractivity contribution in [1.82, 2.24) is 0 Å². The molecule has 0 saturated carbocycles. The van der Waals surface area contributed by atoms with Gasteiger partial charge >= 0.3 is 0 Å². The van der Waals surface area contributed by atoms with E-state index in [0.29, 0.717) is 6.54 Å². The fourth-order valence-corrected chi connectivity index (χ4v) is 0.654. The second-order valence-electron chi connectivity index (χ2n) is 2.35. The Morgan fingerprint density at radius 2 is 1.50 bits per heavy atom. The summed E-state index contributed by atoms with van der Waals surface area (Å²) in [6.45, 7) is 0.584. The van der Waals surface area contributed by atoms with Crippen LogP contribution in [-0.4, -0.2) is 17.5 Å². The van der Waals surface area contributed by atoms with Gasteiger partial charge in [-0.25, -0.2) is 0 Å². The van der Waals surface area contributed by atoms with Gasteiger partial charge in [0.05, 0.1) is 0 Å². The molecule has 0 fully saturated rings. The first kappa shape index (κ1) is 12.8. The highest BCUT2D eigenvalue weighted by Crippen LogP contribution is 2.03. The minimum absolute atomic E-state index is 0.584. The van der Waals surface area contributed by atoms with Gasteiger partial charge in [0.15, 0.2) is 0 Å². The Kier molecular flexibility index (Phi) is 5.10. The van der Waals surface area contributed by atoms with Crippen molar-refractivity contribution in [2.24, 2.45) is 5.73 Å². The molecule has 0 bridgehead atoms. The number of anilines is 1. The van der Waals surface area contributed by atoms with Gasteiger partial charge in [-0.15, -0.1) is 0 Å². The molecule has 7 heteroatoms. The topological polar surface area (TPSA) is 132 Å². The van der Waals surface area contributed by atoms with Crippen LogP contribution in [0, 0.1) is 0 Å². The average molecular weight is 218 g/mol. The molecule has 0 aliphatic carbocycles. The summed E-state index contributed by atoms with van der Waals surface area (Å²) in [5, 5.41) is 0. The molecule has 0 aromatic heterocycles. The summed E-state index contributed by atoms with van der Waals surface area (Å²) in [5.74, 6) is 0. The molecule has 0 atom stereocenters. The third-order valence-electron chi connectivity index (χ3n) is 1.22. The maximum atomic E-state index is 8.52. The van der Waals surface area contributed by atoms with Gasteiger partial charge in [-0.05, 0) is 17.7 Å². The summed E-state index contributed by atoms with van der Waals surface area (Å²) in [6, 6.07) is 7.55. The van der Waals surface area contributed by atoms with Crippen LogP contribution in [0.4, 0.5) is 5.69 Å². The number of hydrogen-bond donors (Lipinski definition) is 2. The number of nitrogen functional groups attached to an aromatic ring is 1. The van der Waals surface area contributed by atoms with Crippen LogP contribution in [0.3, 0.4) is 0 Å². The Labute approximate surface area is 82.1 Å². The molecule has 0 heterocycles. The van der Waals surface area contributed by atoms with Crippen molar-refractivity contribution in [2.75, 3.05) is 5.73 Å². The van der Waals surface area contributed by atoms with Gasteiger partial charge in [0.1, 0.15) is 0 Å². The highest BCUT2D eigenvalue weighted by Gasteiger charge is 1.85. The predicted molar refractivity (Wildman–Crippen MR) is 49.2 cm³/mol. The van der Waals surface area contributed by atoms with E-state index in [-0.39, 0.29) is 0 Å². The van der Waals surface area contributed by atoms with Crippen LogP contribution < -0.4 is 11.5 Å². The monoisotopic (exact) mass is 218 g/mol. The summed E-state index contributed by atoms with van der Waals surface area (Å²) in [4.78, 5) is 0. The lowest BCUT2D eigenvalue weighted by atomic mass is 10.2. The lowest BCUT2D eigenvalue weighted by Gasteiger charge is -2.06. The van der Waals surface area contributed by atoms with Crippen LogP contribution in [0.15, 0.2) is 24.3 Å². The van der Waals surface area contributed by atoms with Crippen molar-refractivity contribution in [1.29, 1.82) is 0 Å². The Hall–Kier alpha value is -1.15. The fourth-order valence-electron chi connectivity index (χ4n) is 0.654. The summed E-state index contributed by atoms with van der Waals surface area (Å²) in [7, 11) is -5.17. The standard InChI is InChI=1S/C7H10N2.H2O4S/c8-5-6-1-3-7(9)4-2-6;1-5(2,3)4/h1-4H,5,8-9H2;(H2,1,2,3,4)/p-2. The Bertz CT molecular complexity index is 352. The molecule has 0 aliphatic rings. The van der Waals surface area contributed by atoms with E-state index in [1.54, 1.807) is 0 Å². The molecule has 0 amide bonds. The molecule has 1 aromatic carbocycles. The third kappa shape index (κ3) is 8.94. The van der Waals surface area contributed by atoms with Gasteiger partial charge in [0.25, 0.3) is 0 Å². The van der Waals surface area contributed by atoms with Crippen molar-refractivity contribution < 1.29 is 17.5 Å². The first-order valence-electron chi connectivity index (χ1n) is 3.54. The Morgan fingerprint density at radius 3 is 1.79 bits per heavy atom. The van der Waals surface area contributed by atoms with Crippen molar-refractivity contribution in [3.63, 3.8) is 0 Å². The number of rotatable bonds is 1. The first-order valence-corrected chi connectivity index (χ1v) is 4.87. The van der Waals surface area contributed by atoms with Crippen LogP contribution in [0.1, 0.15) is 5.56 Å². The zero-order valence-corrected chi connectivity index (χ0v) is 8.03. The number of nitrogens with two attached hydrogens (primary N) is 2. The van der Waals surface area contributed by atoms with E-state index in [4.69, 9.17) is 29.0 Å². The van der Waals surface area contributed by atoms with Gasteiger partial charge < -0.3 is 20.6 Å². The smallest absolute Gasteiger partial charge is 0.0314 e. The average Bonchev–Trinajstić information content (AvgIpc) is 2.03.